The molecular formula is C12H21N3O3. The summed E-state index contributed by atoms with van der Waals surface area (Å²) in [4.78, 5) is 8.13. The van der Waals surface area contributed by atoms with Crippen LogP contribution in [0.4, 0.5) is 5.82 Å². The van der Waals surface area contributed by atoms with Crippen molar-refractivity contribution in [2.75, 3.05) is 38.8 Å². The Hall–Kier alpha value is -1.40. The van der Waals surface area contributed by atoms with Gasteiger partial charge in [0.25, 0.3) is 0 Å². The molecule has 1 N–H and O–H groups in total. The van der Waals surface area contributed by atoms with Crippen LogP contribution in [0.1, 0.15) is 13.8 Å². The zero-order valence-electron chi connectivity index (χ0n) is 11.2. The van der Waals surface area contributed by atoms with Gasteiger partial charge in [-0.15, -0.1) is 0 Å². The molecular weight excluding hydrogens is 234 g/mol. The van der Waals surface area contributed by atoms with E-state index >= 15 is 0 Å². The molecule has 0 saturated carbocycles. The minimum absolute atomic E-state index is 0.102. The number of nitrogens with zero attached hydrogens (tertiary/aromatic N) is 2. The Morgan fingerprint density at radius 1 is 1.22 bits per heavy atom. The normalized spacial score (nSPS) is 10.7. The minimum Gasteiger partial charge on any atom is -0.475 e. The lowest BCUT2D eigenvalue weighted by Gasteiger charge is -2.10. The zero-order chi connectivity index (χ0) is 13.2. The fourth-order valence-electron chi connectivity index (χ4n) is 1.24. The first-order valence-electron chi connectivity index (χ1n) is 6.01. The van der Waals surface area contributed by atoms with E-state index in [4.69, 9.17) is 14.2 Å². The summed E-state index contributed by atoms with van der Waals surface area (Å²) in [7, 11) is 1.65. The Morgan fingerprint density at radius 2 is 2.06 bits per heavy atom. The van der Waals surface area contributed by atoms with E-state index in [1.54, 1.807) is 13.2 Å². The fraction of sp³-hybridized carbons (Fsp3) is 0.667. The SMILES string of the molecule is COCCOCCNc1cc(OC(C)C)ncn1. The van der Waals surface area contributed by atoms with E-state index in [0.29, 0.717) is 32.2 Å². The van der Waals surface area contributed by atoms with Gasteiger partial charge in [-0.25, -0.2) is 9.97 Å². The van der Waals surface area contributed by atoms with Crippen molar-refractivity contribution in [3.05, 3.63) is 12.4 Å². The van der Waals surface area contributed by atoms with Crippen molar-refractivity contribution in [1.82, 2.24) is 9.97 Å². The summed E-state index contributed by atoms with van der Waals surface area (Å²) in [6, 6.07) is 1.77. The molecule has 0 aromatic carbocycles. The largest absolute Gasteiger partial charge is 0.475 e. The third-order valence-electron chi connectivity index (χ3n) is 1.98. The molecule has 0 atom stereocenters. The number of hydrogen-bond acceptors (Lipinski definition) is 6. The highest BCUT2D eigenvalue weighted by molar-refractivity contribution is 5.36. The van der Waals surface area contributed by atoms with Gasteiger partial charge in [-0.05, 0) is 13.8 Å². The number of rotatable bonds is 9. The molecule has 0 aliphatic carbocycles. The van der Waals surface area contributed by atoms with Crippen molar-refractivity contribution in [3.63, 3.8) is 0 Å². The van der Waals surface area contributed by atoms with Crippen molar-refractivity contribution in [3.8, 4) is 5.88 Å². The molecule has 0 fully saturated rings. The summed E-state index contributed by atoms with van der Waals surface area (Å²) in [5.41, 5.74) is 0. The molecule has 0 aliphatic heterocycles. The van der Waals surface area contributed by atoms with Crippen LogP contribution >= 0.6 is 0 Å². The molecule has 1 aromatic heterocycles. The molecule has 1 heterocycles. The van der Waals surface area contributed by atoms with Gasteiger partial charge in [0.1, 0.15) is 12.1 Å². The summed E-state index contributed by atoms with van der Waals surface area (Å²) in [6.45, 7) is 6.41. The third kappa shape index (κ3) is 6.36. The van der Waals surface area contributed by atoms with E-state index in [-0.39, 0.29) is 6.10 Å². The van der Waals surface area contributed by atoms with Gasteiger partial charge in [-0.1, -0.05) is 0 Å². The van der Waals surface area contributed by atoms with Crippen LogP contribution in [0.3, 0.4) is 0 Å². The minimum atomic E-state index is 0.102. The molecule has 0 amide bonds. The van der Waals surface area contributed by atoms with E-state index in [0.717, 1.165) is 5.82 Å². The van der Waals surface area contributed by atoms with E-state index in [1.807, 2.05) is 13.8 Å². The van der Waals surface area contributed by atoms with Crippen LogP contribution in [-0.4, -0.2) is 49.5 Å². The second-order valence-electron chi connectivity index (χ2n) is 3.94. The predicted molar refractivity (Wildman–Crippen MR) is 69.0 cm³/mol. The lowest BCUT2D eigenvalue weighted by Crippen LogP contribution is -2.13. The number of methoxy groups -OCH3 is 1. The molecule has 0 radical (unpaired) electrons. The van der Waals surface area contributed by atoms with Gasteiger partial charge in [0.05, 0.1) is 25.9 Å². The first-order chi connectivity index (χ1) is 8.72. The molecule has 0 spiro atoms. The van der Waals surface area contributed by atoms with Gasteiger partial charge in [0.2, 0.25) is 5.88 Å². The summed E-state index contributed by atoms with van der Waals surface area (Å²) in [5.74, 6) is 1.30. The number of nitrogens with one attached hydrogen (secondary N) is 1. The number of aromatic nitrogens is 2. The fourth-order valence-corrected chi connectivity index (χ4v) is 1.24. The second-order valence-corrected chi connectivity index (χ2v) is 3.94. The molecule has 6 heteroatoms. The van der Waals surface area contributed by atoms with Crippen LogP contribution in [0, 0.1) is 0 Å². The average molecular weight is 255 g/mol. The van der Waals surface area contributed by atoms with Crippen LogP contribution in [0.2, 0.25) is 0 Å². The number of anilines is 1. The monoisotopic (exact) mass is 255 g/mol. The Labute approximate surface area is 108 Å². The Bertz CT molecular complexity index is 334. The molecule has 0 saturated heterocycles. The zero-order valence-corrected chi connectivity index (χ0v) is 11.2. The van der Waals surface area contributed by atoms with Crippen LogP contribution in [0.25, 0.3) is 0 Å². The topological polar surface area (TPSA) is 65.5 Å². The van der Waals surface area contributed by atoms with Crippen LogP contribution in [0.15, 0.2) is 12.4 Å². The summed E-state index contributed by atoms with van der Waals surface area (Å²) in [5, 5.41) is 3.14. The van der Waals surface area contributed by atoms with Crippen molar-refractivity contribution < 1.29 is 14.2 Å². The van der Waals surface area contributed by atoms with Crippen LogP contribution in [0.5, 0.6) is 5.88 Å². The van der Waals surface area contributed by atoms with Crippen molar-refractivity contribution in [2.24, 2.45) is 0 Å². The molecule has 0 unspecified atom stereocenters. The van der Waals surface area contributed by atoms with E-state index in [9.17, 15) is 0 Å². The van der Waals surface area contributed by atoms with Gasteiger partial charge in [0, 0.05) is 19.7 Å². The van der Waals surface area contributed by atoms with Gasteiger partial charge in [0.15, 0.2) is 0 Å². The van der Waals surface area contributed by atoms with Crippen LogP contribution < -0.4 is 10.1 Å². The van der Waals surface area contributed by atoms with Gasteiger partial charge in [-0.3, -0.25) is 0 Å². The third-order valence-corrected chi connectivity index (χ3v) is 1.98. The van der Waals surface area contributed by atoms with Crippen molar-refractivity contribution in [2.45, 2.75) is 20.0 Å². The smallest absolute Gasteiger partial charge is 0.218 e. The molecule has 0 bridgehead atoms. The molecule has 18 heavy (non-hydrogen) atoms. The van der Waals surface area contributed by atoms with E-state index < -0.39 is 0 Å². The van der Waals surface area contributed by atoms with Gasteiger partial charge >= 0.3 is 0 Å². The Balaban J connectivity index is 2.25. The molecule has 0 aliphatic rings. The molecule has 6 nitrogen and oxygen atoms in total. The highest BCUT2D eigenvalue weighted by atomic mass is 16.5. The standard InChI is InChI=1S/C12H21N3O3/c1-10(2)18-12-8-11(14-9-15-12)13-4-5-17-7-6-16-3/h8-10H,4-7H2,1-3H3,(H,13,14,15). The maximum atomic E-state index is 5.48. The van der Waals surface area contributed by atoms with Gasteiger partial charge < -0.3 is 19.5 Å². The molecule has 1 rings (SSSR count). The summed E-state index contributed by atoms with van der Waals surface area (Å²) < 4.78 is 15.7. The maximum absolute atomic E-state index is 5.48. The van der Waals surface area contributed by atoms with E-state index in [1.165, 1.54) is 6.33 Å². The average Bonchev–Trinajstić information content (AvgIpc) is 2.33. The van der Waals surface area contributed by atoms with Crippen molar-refractivity contribution >= 4 is 5.82 Å². The maximum Gasteiger partial charge on any atom is 0.218 e. The number of ether oxygens (including phenoxy) is 3. The summed E-state index contributed by atoms with van der Waals surface area (Å²) in [6.07, 6.45) is 1.58. The second kappa shape index (κ2) is 8.66. The number of hydrogen-bond donors (Lipinski definition) is 1. The van der Waals surface area contributed by atoms with Crippen LogP contribution in [-0.2, 0) is 9.47 Å². The highest BCUT2D eigenvalue weighted by Crippen LogP contribution is 2.11. The molecule has 102 valence electrons. The van der Waals surface area contributed by atoms with Crippen molar-refractivity contribution in [1.29, 1.82) is 0 Å². The van der Waals surface area contributed by atoms with Gasteiger partial charge in [-0.2, -0.15) is 0 Å². The first-order valence-corrected chi connectivity index (χ1v) is 6.01. The van der Waals surface area contributed by atoms with E-state index in [2.05, 4.69) is 15.3 Å². The quantitative estimate of drug-likeness (QED) is 0.672. The first kappa shape index (κ1) is 14.7. The molecule has 1 aromatic rings. The Morgan fingerprint density at radius 3 is 2.78 bits per heavy atom. The lowest BCUT2D eigenvalue weighted by molar-refractivity contribution is 0.0759. The summed E-state index contributed by atoms with van der Waals surface area (Å²) >= 11 is 0. The Kier molecular flexibility index (Phi) is 7.05. The highest BCUT2D eigenvalue weighted by Gasteiger charge is 2.01. The predicted octanol–water partition coefficient (Wildman–Crippen LogP) is 1.34. The lowest BCUT2D eigenvalue weighted by atomic mass is 10.4.